The summed E-state index contributed by atoms with van der Waals surface area (Å²) in [6, 6.07) is 10.0. The Kier molecular flexibility index (Phi) is 4.47. The van der Waals surface area contributed by atoms with Crippen LogP contribution in [0.3, 0.4) is 0 Å². The standard InChI is InChI=1S/C14H15NO2S/c1-2-17-13(16)9-8-12-10-18-14(15-12)11-6-4-3-5-7-11/h3-7,10H,2,8-9H2,1H3. The highest BCUT2D eigenvalue weighted by Gasteiger charge is 2.07. The molecule has 0 aliphatic heterocycles. The Balaban J connectivity index is 1.97. The second-order valence-electron chi connectivity index (χ2n) is 3.82. The molecular weight excluding hydrogens is 246 g/mol. The van der Waals surface area contributed by atoms with Crippen LogP contribution in [-0.4, -0.2) is 17.6 Å². The fraction of sp³-hybridized carbons (Fsp3) is 0.286. The summed E-state index contributed by atoms with van der Waals surface area (Å²) in [6.07, 6.45) is 1.04. The van der Waals surface area contributed by atoms with E-state index in [1.54, 1.807) is 11.3 Å². The van der Waals surface area contributed by atoms with Gasteiger partial charge < -0.3 is 4.74 Å². The van der Waals surface area contributed by atoms with Crippen molar-refractivity contribution in [2.75, 3.05) is 6.61 Å². The van der Waals surface area contributed by atoms with E-state index < -0.39 is 0 Å². The Labute approximate surface area is 110 Å². The number of thiazole rings is 1. The van der Waals surface area contributed by atoms with Crippen molar-refractivity contribution in [3.05, 3.63) is 41.4 Å². The van der Waals surface area contributed by atoms with Crippen molar-refractivity contribution < 1.29 is 9.53 Å². The van der Waals surface area contributed by atoms with Crippen molar-refractivity contribution in [2.24, 2.45) is 0 Å². The average Bonchev–Trinajstić information content (AvgIpc) is 2.87. The number of carbonyl (C=O) groups is 1. The summed E-state index contributed by atoms with van der Waals surface area (Å²) in [5, 5.41) is 3.00. The summed E-state index contributed by atoms with van der Waals surface area (Å²) in [5.74, 6) is -0.160. The summed E-state index contributed by atoms with van der Waals surface area (Å²) in [5.41, 5.74) is 2.07. The molecule has 1 aromatic heterocycles. The van der Waals surface area contributed by atoms with Crippen LogP contribution in [0.4, 0.5) is 0 Å². The number of hydrogen-bond donors (Lipinski definition) is 0. The third-order valence-electron chi connectivity index (χ3n) is 2.46. The molecule has 0 spiro atoms. The Morgan fingerprint density at radius 3 is 2.83 bits per heavy atom. The van der Waals surface area contributed by atoms with E-state index in [-0.39, 0.29) is 5.97 Å². The molecule has 3 nitrogen and oxygen atoms in total. The first-order valence-electron chi connectivity index (χ1n) is 5.95. The van der Waals surface area contributed by atoms with Gasteiger partial charge in [-0.05, 0) is 6.92 Å². The average molecular weight is 261 g/mol. The predicted molar refractivity (Wildman–Crippen MR) is 72.5 cm³/mol. The van der Waals surface area contributed by atoms with Crippen LogP contribution in [0.25, 0.3) is 10.6 Å². The normalized spacial score (nSPS) is 10.3. The van der Waals surface area contributed by atoms with Crippen molar-refractivity contribution in [1.82, 2.24) is 4.98 Å². The van der Waals surface area contributed by atoms with Gasteiger partial charge in [0.2, 0.25) is 0 Å². The minimum absolute atomic E-state index is 0.160. The van der Waals surface area contributed by atoms with Gasteiger partial charge in [0.05, 0.1) is 18.7 Å². The molecule has 4 heteroatoms. The lowest BCUT2D eigenvalue weighted by Gasteiger charge is -1.99. The van der Waals surface area contributed by atoms with Crippen LogP contribution in [0.1, 0.15) is 19.0 Å². The van der Waals surface area contributed by atoms with Crippen molar-refractivity contribution in [1.29, 1.82) is 0 Å². The molecule has 0 bridgehead atoms. The Hall–Kier alpha value is -1.68. The van der Waals surface area contributed by atoms with Gasteiger partial charge >= 0.3 is 5.97 Å². The second-order valence-corrected chi connectivity index (χ2v) is 4.67. The summed E-state index contributed by atoms with van der Waals surface area (Å²) < 4.78 is 4.89. The number of nitrogens with zero attached hydrogens (tertiary/aromatic N) is 1. The number of carbonyl (C=O) groups excluding carboxylic acids is 1. The van der Waals surface area contributed by atoms with Crippen molar-refractivity contribution in [2.45, 2.75) is 19.8 Å². The largest absolute Gasteiger partial charge is 0.466 e. The molecule has 1 aromatic carbocycles. The van der Waals surface area contributed by atoms with E-state index in [1.807, 2.05) is 42.6 Å². The number of ether oxygens (including phenoxy) is 1. The van der Waals surface area contributed by atoms with Crippen LogP contribution in [0.2, 0.25) is 0 Å². The Morgan fingerprint density at radius 2 is 2.11 bits per heavy atom. The van der Waals surface area contributed by atoms with Crippen LogP contribution in [0, 0.1) is 0 Å². The lowest BCUT2D eigenvalue weighted by molar-refractivity contribution is -0.143. The molecule has 0 aliphatic rings. The maximum atomic E-state index is 11.2. The first-order chi connectivity index (χ1) is 8.79. The highest BCUT2D eigenvalue weighted by atomic mass is 32.1. The van der Waals surface area contributed by atoms with Gasteiger partial charge in [-0.2, -0.15) is 0 Å². The van der Waals surface area contributed by atoms with E-state index >= 15 is 0 Å². The molecule has 94 valence electrons. The molecule has 2 aromatic rings. The van der Waals surface area contributed by atoms with Crippen LogP contribution < -0.4 is 0 Å². The van der Waals surface area contributed by atoms with Gasteiger partial charge in [0.15, 0.2) is 0 Å². The fourth-order valence-corrected chi connectivity index (χ4v) is 2.46. The molecule has 1 heterocycles. The van der Waals surface area contributed by atoms with Crippen molar-refractivity contribution in [3.63, 3.8) is 0 Å². The second kappa shape index (κ2) is 6.31. The summed E-state index contributed by atoms with van der Waals surface area (Å²) in [6.45, 7) is 2.25. The van der Waals surface area contributed by atoms with Crippen LogP contribution in [0.15, 0.2) is 35.7 Å². The third-order valence-corrected chi connectivity index (χ3v) is 3.40. The van der Waals surface area contributed by atoms with E-state index in [9.17, 15) is 4.79 Å². The number of hydrogen-bond acceptors (Lipinski definition) is 4. The quantitative estimate of drug-likeness (QED) is 0.775. The molecule has 0 amide bonds. The fourth-order valence-electron chi connectivity index (χ4n) is 1.60. The lowest BCUT2D eigenvalue weighted by Crippen LogP contribution is -2.05. The van der Waals surface area contributed by atoms with Gasteiger partial charge in [-0.25, -0.2) is 4.98 Å². The zero-order valence-corrected chi connectivity index (χ0v) is 11.1. The number of aromatic nitrogens is 1. The number of rotatable bonds is 5. The van der Waals surface area contributed by atoms with Gasteiger partial charge in [0.25, 0.3) is 0 Å². The number of esters is 1. The summed E-state index contributed by atoms with van der Waals surface area (Å²) in [4.78, 5) is 15.8. The lowest BCUT2D eigenvalue weighted by atomic mass is 10.2. The molecule has 0 unspecified atom stereocenters. The molecule has 18 heavy (non-hydrogen) atoms. The highest BCUT2D eigenvalue weighted by molar-refractivity contribution is 7.13. The third kappa shape index (κ3) is 3.40. The minimum Gasteiger partial charge on any atom is -0.466 e. The first-order valence-corrected chi connectivity index (χ1v) is 6.83. The van der Waals surface area contributed by atoms with E-state index in [0.29, 0.717) is 19.4 Å². The molecule has 0 N–H and O–H groups in total. The molecule has 0 fully saturated rings. The van der Waals surface area contributed by atoms with Gasteiger partial charge in [0, 0.05) is 17.4 Å². The van der Waals surface area contributed by atoms with E-state index in [4.69, 9.17) is 4.74 Å². The van der Waals surface area contributed by atoms with E-state index in [2.05, 4.69) is 4.98 Å². The zero-order chi connectivity index (χ0) is 12.8. The van der Waals surface area contributed by atoms with Gasteiger partial charge in [-0.3, -0.25) is 4.79 Å². The summed E-state index contributed by atoms with van der Waals surface area (Å²) >= 11 is 1.60. The SMILES string of the molecule is CCOC(=O)CCc1csc(-c2ccccc2)n1. The molecule has 0 atom stereocenters. The van der Waals surface area contributed by atoms with Crippen molar-refractivity contribution >= 4 is 17.3 Å². The first kappa shape index (κ1) is 12.8. The summed E-state index contributed by atoms with van der Waals surface area (Å²) in [7, 11) is 0. The maximum Gasteiger partial charge on any atom is 0.306 e. The van der Waals surface area contributed by atoms with Gasteiger partial charge in [0.1, 0.15) is 5.01 Å². The predicted octanol–water partition coefficient (Wildman–Crippen LogP) is 3.31. The topological polar surface area (TPSA) is 39.2 Å². The highest BCUT2D eigenvalue weighted by Crippen LogP contribution is 2.23. The molecule has 0 saturated carbocycles. The number of benzene rings is 1. The van der Waals surface area contributed by atoms with Crippen LogP contribution >= 0.6 is 11.3 Å². The monoisotopic (exact) mass is 261 g/mol. The maximum absolute atomic E-state index is 11.2. The smallest absolute Gasteiger partial charge is 0.306 e. The molecule has 0 aliphatic carbocycles. The Bertz CT molecular complexity index is 508. The van der Waals surface area contributed by atoms with E-state index in [1.165, 1.54) is 0 Å². The van der Waals surface area contributed by atoms with E-state index in [0.717, 1.165) is 16.3 Å². The van der Waals surface area contributed by atoms with Crippen LogP contribution in [-0.2, 0) is 16.0 Å². The molecule has 0 radical (unpaired) electrons. The van der Waals surface area contributed by atoms with Crippen molar-refractivity contribution in [3.8, 4) is 10.6 Å². The zero-order valence-electron chi connectivity index (χ0n) is 10.3. The molecular formula is C14H15NO2S. The Morgan fingerprint density at radius 1 is 1.33 bits per heavy atom. The number of aryl methyl sites for hydroxylation is 1. The minimum atomic E-state index is -0.160. The van der Waals surface area contributed by atoms with Gasteiger partial charge in [-0.1, -0.05) is 30.3 Å². The molecule has 0 saturated heterocycles. The van der Waals surface area contributed by atoms with Crippen LogP contribution in [0.5, 0.6) is 0 Å². The van der Waals surface area contributed by atoms with Gasteiger partial charge in [-0.15, -0.1) is 11.3 Å². The molecule has 2 rings (SSSR count).